The average molecular weight is 543 g/mol. The number of benzene rings is 2. The minimum Gasteiger partial charge on any atom is -0.334 e. The molecule has 2 aliphatic heterocycles. The molecule has 0 bridgehead atoms. The minimum atomic E-state index is 0.151. The summed E-state index contributed by atoms with van der Waals surface area (Å²) in [5, 5.41) is 10.1. The van der Waals surface area contributed by atoms with Crippen LogP contribution in [0.2, 0.25) is 0 Å². The van der Waals surface area contributed by atoms with Crippen molar-refractivity contribution in [2.24, 2.45) is 11.8 Å². The Morgan fingerprint density at radius 2 is 1.80 bits per heavy atom. The van der Waals surface area contributed by atoms with Gasteiger partial charge >= 0.3 is 0 Å². The van der Waals surface area contributed by atoms with E-state index in [1.165, 1.54) is 19.3 Å². The van der Waals surface area contributed by atoms with Crippen LogP contribution in [-0.4, -0.2) is 52.9 Å². The van der Waals surface area contributed by atoms with E-state index in [-0.39, 0.29) is 11.9 Å². The van der Waals surface area contributed by atoms with Crippen LogP contribution in [0.4, 0.5) is 0 Å². The van der Waals surface area contributed by atoms with Gasteiger partial charge in [-0.15, -0.1) is 0 Å². The van der Waals surface area contributed by atoms with Crippen LogP contribution >= 0.6 is 0 Å². The summed E-state index contributed by atoms with van der Waals surface area (Å²) < 4.78 is 0. The molecule has 1 amide bonds. The van der Waals surface area contributed by atoms with E-state index in [0.717, 1.165) is 103 Å². The zero-order valence-electron chi connectivity index (χ0n) is 23.8. The number of nitrogens with zero attached hydrogens (tertiary/aromatic N) is 4. The van der Waals surface area contributed by atoms with Crippen molar-refractivity contribution in [3.63, 3.8) is 0 Å². The summed E-state index contributed by atoms with van der Waals surface area (Å²) >= 11 is 0. The molecule has 1 saturated carbocycles. The number of rotatable bonds is 8. The first-order chi connectivity index (χ1) is 20.2. The number of nitriles is 1. The summed E-state index contributed by atoms with van der Waals surface area (Å²) in [6.07, 6.45) is 15.9. The van der Waals surface area contributed by atoms with Gasteiger partial charge in [0.25, 0.3) is 5.91 Å². The topological polar surface area (TPSA) is 60.2 Å². The van der Waals surface area contributed by atoms with E-state index in [4.69, 9.17) is 4.98 Å². The van der Waals surface area contributed by atoms with Crippen molar-refractivity contribution < 1.29 is 4.79 Å². The molecule has 0 spiro atoms. The van der Waals surface area contributed by atoms with Gasteiger partial charge in [-0.2, -0.15) is 5.26 Å². The zero-order valence-corrected chi connectivity index (χ0v) is 23.8. The summed E-state index contributed by atoms with van der Waals surface area (Å²) in [5.41, 5.74) is 7.00. The van der Waals surface area contributed by atoms with Gasteiger partial charge in [-0.1, -0.05) is 42.0 Å². The molecule has 208 valence electrons. The molecule has 2 saturated heterocycles. The van der Waals surface area contributed by atoms with Gasteiger partial charge < -0.3 is 9.80 Å². The first-order valence-electron chi connectivity index (χ1n) is 15.5. The van der Waals surface area contributed by atoms with Gasteiger partial charge in [-0.25, -0.2) is 0 Å². The van der Waals surface area contributed by atoms with Crippen LogP contribution in [0.3, 0.4) is 0 Å². The summed E-state index contributed by atoms with van der Waals surface area (Å²) in [7, 11) is 0. The fourth-order valence-electron chi connectivity index (χ4n) is 7.25. The molecule has 3 unspecified atom stereocenters. The first-order valence-corrected chi connectivity index (χ1v) is 15.5. The molecule has 2 aliphatic carbocycles. The van der Waals surface area contributed by atoms with Crippen LogP contribution in [0.25, 0.3) is 22.0 Å². The molecule has 3 heterocycles. The van der Waals surface area contributed by atoms with Crippen molar-refractivity contribution in [3.05, 3.63) is 89.2 Å². The Balaban J connectivity index is 1.19. The number of likely N-dealkylation sites (tertiary alicyclic amines) is 2. The third-order valence-corrected chi connectivity index (χ3v) is 9.63. The van der Waals surface area contributed by atoms with Crippen LogP contribution in [0.1, 0.15) is 66.6 Å². The number of carbonyl (C=O) groups excluding carboxylic acids is 1. The van der Waals surface area contributed by atoms with E-state index >= 15 is 0 Å². The molecule has 1 aromatic heterocycles. The summed E-state index contributed by atoms with van der Waals surface area (Å²) in [6, 6.07) is 18.5. The van der Waals surface area contributed by atoms with E-state index in [1.54, 1.807) is 5.57 Å². The number of fused-ring (bicyclic) bond motifs is 2. The number of amides is 1. The highest BCUT2D eigenvalue weighted by Crippen LogP contribution is 2.48. The van der Waals surface area contributed by atoms with Gasteiger partial charge in [0.1, 0.15) is 0 Å². The fourth-order valence-corrected chi connectivity index (χ4v) is 7.25. The lowest BCUT2D eigenvalue weighted by Crippen LogP contribution is -2.42. The Bertz CT molecular complexity index is 1560. The fraction of sp³-hybridized carbons (Fsp3) is 0.417. The standard InChI is InChI=1S/C36H38N4O/c37-23-25-11-13-26(14-12-25)28-15-16-35-33(20-28)34(36(41)40-19-5-10-31(40)24-39-17-1-2-18-39)22-30(38-35)9-4-7-27-6-3-8-29-21-32(27)29/h3,6,8,11-16,20,22,29,31-32H,1-2,4-5,7,9-10,17-19,21,24H2. The van der Waals surface area contributed by atoms with E-state index < -0.39 is 0 Å². The number of pyridine rings is 1. The molecule has 5 heteroatoms. The second kappa shape index (κ2) is 11.3. The highest BCUT2D eigenvalue weighted by molar-refractivity contribution is 6.07. The van der Waals surface area contributed by atoms with Crippen molar-refractivity contribution in [1.82, 2.24) is 14.8 Å². The maximum absolute atomic E-state index is 14.3. The molecule has 3 aromatic rings. The quantitative estimate of drug-likeness (QED) is 0.310. The highest BCUT2D eigenvalue weighted by Gasteiger charge is 2.38. The van der Waals surface area contributed by atoms with E-state index in [1.807, 2.05) is 24.3 Å². The van der Waals surface area contributed by atoms with Crippen molar-refractivity contribution in [3.8, 4) is 17.2 Å². The molecule has 7 rings (SSSR count). The monoisotopic (exact) mass is 542 g/mol. The number of allylic oxidation sites excluding steroid dienone is 4. The van der Waals surface area contributed by atoms with E-state index in [0.29, 0.717) is 5.56 Å². The van der Waals surface area contributed by atoms with Gasteiger partial charge in [0.2, 0.25) is 0 Å². The van der Waals surface area contributed by atoms with Crippen molar-refractivity contribution in [1.29, 1.82) is 5.26 Å². The van der Waals surface area contributed by atoms with Gasteiger partial charge in [0.15, 0.2) is 0 Å². The maximum Gasteiger partial charge on any atom is 0.254 e. The van der Waals surface area contributed by atoms with E-state index in [2.05, 4.69) is 58.4 Å². The minimum absolute atomic E-state index is 0.151. The molecular formula is C36H38N4O. The largest absolute Gasteiger partial charge is 0.334 e. The molecule has 3 atom stereocenters. The Hall–Kier alpha value is -3.75. The lowest BCUT2D eigenvalue weighted by Gasteiger charge is -2.29. The number of aromatic nitrogens is 1. The SMILES string of the molecule is N#Cc1ccc(-c2ccc3nc(CCCC4=CC=CC5CC45)cc(C(=O)N4CCCC4CN4CCCC4)c3c2)cc1. The molecule has 0 N–H and O–H groups in total. The van der Waals surface area contributed by atoms with Gasteiger partial charge in [-0.05, 0) is 118 Å². The normalized spacial score (nSPS) is 23.4. The first kappa shape index (κ1) is 26.2. The summed E-state index contributed by atoms with van der Waals surface area (Å²) in [4.78, 5) is 24.1. The number of carbonyl (C=O) groups is 1. The third kappa shape index (κ3) is 5.46. The Labute approximate surface area is 243 Å². The number of hydrogen-bond acceptors (Lipinski definition) is 4. The molecule has 5 nitrogen and oxygen atoms in total. The van der Waals surface area contributed by atoms with Gasteiger partial charge in [-0.3, -0.25) is 9.78 Å². The average Bonchev–Trinajstić information content (AvgIpc) is 3.38. The zero-order chi connectivity index (χ0) is 27.8. The number of aryl methyl sites for hydroxylation is 1. The van der Waals surface area contributed by atoms with Crippen LogP contribution in [0.5, 0.6) is 0 Å². The van der Waals surface area contributed by atoms with Crippen LogP contribution in [-0.2, 0) is 6.42 Å². The Morgan fingerprint density at radius 3 is 2.63 bits per heavy atom. The molecule has 4 aliphatic rings. The highest BCUT2D eigenvalue weighted by atomic mass is 16.2. The summed E-state index contributed by atoms with van der Waals surface area (Å²) in [6.45, 7) is 4.13. The van der Waals surface area contributed by atoms with E-state index in [9.17, 15) is 10.1 Å². The Morgan fingerprint density at radius 1 is 0.976 bits per heavy atom. The second-order valence-corrected chi connectivity index (χ2v) is 12.4. The van der Waals surface area contributed by atoms with Gasteiger partial charge in [0, 0.05) is 30.2 Å². The van der Waals surface area contributed by atoms with Crippen LogP contribution in [0.15, 0.2) is 72.3 Å². The molecular weight excluding hydrogens is 504 g/mol. The maximum atomic E-state index is 14.3. The third-order valence-electron chi connectivity index (χ3n) is 9.63. The predicted molar refractivity (Wildman–Crippen MR) is 163 cm³/mol. The Kier molecular flexibility index (Phi) is 7.19. The van der Waals surface area contributed by atoms with Crippen LogP contribution < -0.4 is 0 Å². The van der Waals surface area contributed by atoms with Crippen molar-refractivity contribution in [2.75, 3.05) is 26.2 Å². The van der Waals surface area contributed by atoms with Gasteiger partial charge in [0.05, 0.1) is 22.7 Å². The lowest BCUT2D eigenvalue weighted by atomic mass is 9.96. The van der Waals surface area contributed by atoms with Crippen molar-refractivity contribution >= 4 is 16.8 Å². The lowest BCUT2D eigenvalue weighted by molar-refractivity contribution is 0.0710. The second-order valence-electron chi connectivity index (χ2n) is 12.4. The molecule has 0 radical (unpaired) electrons. The number of hydrogen-bond donors (Lipinski definition) is 0. The molecule has 41 heavy (non-hydrogen) atoms. The smallest absolute Gasteiger partial charge is 0.254 e. The van der Waals surface area contributed by atoms with Crippen molar-refractivity contribution in [2.45, 2.75) is 57.4 Å². The summed E-state index contributed by atoms with van der Waals surface area (Å²) in [5.74, 6) is 1.70. The molecule has 2 aromatic carbocycles. The van der Waals surface area contributed by atoms with Crippen LogP contribution in [0, 0.1) is 23.2 Å². The predicted octanol–water partition coefficient (Wildman–Crippen LogP) is 6.93. The molecule has 3 fully saturated rings.